The van der Waals surface area contributed by atoms with Gasteiger partial charge < -0.3 is 20.1 Å². The van der Waals surface area contributed by atoms with Crippen molar-refractivity contribution in [1.82, 2.24) is 9.78 Å². The SMILES string of the molecule is CCOc1ccc(NC(=O)c2nn(-c3ccccc3)c(-c3ccccc3)c2C(=O)Nc2ccc(OCC)cc2)cc1. The summed E-state index contributed by atoms with van der Waals surface area (Å²) in [6.45, 7) is 4.89. The molecule has 8 heteroatoms. The van der Waals surface area contributed by atoms with E-state index < -0.39 is 11.8 Å². The molecule has 2 amide bonds. The molecule has 0 aliphatic rings. The van der Waals surface area contributed by atoms with Gasteiger partial charge in [-0.05, 0) is 74.5 Å². The number of amides is 2. The van der Waals surface area contributed by atoms with Crippen molar-refractivity contribution in [3.8, 4) is 28.4 Å². The molecule has 0 fully saturated rings. The van der Waals surface area contributed by atoms with Gasteiger partial charge >= 0.3 is 0 Å². The molecule has 0 saturated heterocycles. The summed E-state index contributed by atoms with van der Waals surface area (Å²) in [6, 6.07) is 33.0. The molecule has 4 aromatic carbocycles. The predicted molar refractivity (Wildman–Crippen MR) is 160 cm³/mol. The molecule has 0 unspecified atom stereocenters. The van der Waals surface area contributed by atoms with E-state index in [1.54, 1.807) is 53.2 Å². The molecule has 0 spiro atoms. The number of carbonyl (C=O) groups excluding carboxylic acids is 2. The highest BCUT2D eigenvalue weighted by molar-refractivity contribution is 6.17. The van der Waals surface area contributed by atoms with Gasteiger partial charge in [0.2, 0.25) is 0 Å². The summed E-state index contributed by atoms with van der Waals surface area (Å²) in [5.41, 5.74) is 3.19. The van der Waals surface area contributed by atoms with Gasteiger partial charge in [-0.25, -0.2) is 4.68 Å². The van der Waals surface area contributed by atoms with Crippen molar-refractivity contribution in [2.24, 2.45) is 0 Å². The van der Waals surface area contributed by atoms with Gasteiger partial charge in [-0.3, -0.25) is 9.59 Å². The number of aromatic nitrogens is 2. The third-order valence-electron chi connectivity index (χ3n) is 6.22. The van der Waals surface area contributed by atoms with Crippen molar-refractivity contribution >= 4 is 23.2 Å². The van der Waals surface area contributed by atoms with Crippen LogP contribution in [0.1, 0.15) is 34.7 Å². The Balaban J connectivity index is 1.60. The number of carbonyl (C=O) groups is 2. The van der Waals surface area contributed by atoms with Crippen molar-refractivity contribution in [3.63, 3.8) is 0 Å². The zero-order chi connectivity index (χ0) is 28.6. The van der Waals surface area contributed by atoms with Crippen LogP contribution in [-0.2, 0) is 0 Å². The molecule has 8 nitrogen and oxygen atoms in total. The first kappa shape index (κ1) is 27.2. The Morgan fingerprint density at radius 2 is 1.15 bits per heavy atom. The van der Waals surface area contributed by atoms with E-state index in [0.29, 0.717) is 47.5 Å². The molecule has 206 valence electrons. The van der Waals surface area contributed by atoms with Crippen LogP contribution in [0.25, 0.3) is 16.9 Å². The van der Waals surface area contributed by atoms with E-state index in [1.807, 2.05) is 74.5 Å². The van der Waals surface area contributed by atoms with Crippen LogP contribution < -0.4 is 20.1 Å². The Bertz CT molecular complexity index is 1610. The minimum atomic E-state index is -0.516. The second-order valence-electron chi connectivity index (χ2n) is 9.01. The highest BCUT2D eigenvalue weighted by Gasteiger charge is 2.30. The van der Waals surface area contributed by atoms with E-state index in [9.17, 15) is 9.59 Å². The van der Waals surface area contributed by atoms with Crippen LogP contribution in [0.5, 0.6) is 11.5 Å². The van der Waals surface area contributed by atoms with Gasteiger partial charge in [-0.15, -0.1) is 0 Å². The van der Waals surface area contributed by atoms with E-state index in [1.165, 1.54) is 0 Å². The van der Waals surface area contributed by atoms with Crippen molar-refractivity contribution in [2.45, 2.75) is 13.8 Å². The fourth-order valence-corrected chi connectivity index (χ4v) is 4.40. The number of anilines is 2. The van der Waals surface area contributed by atoms with Crippen LogP contribution in [0.4, 0.5) is 11.4 Å². The maximum atomic E-state index is 14.0. The molecular formula is C33H30N4O4. The van der Waals surface area contributed by atoms with Crippen LogP contribution in [0.3, 0.4) is 0 Å². The molecule has 1 aromatic heterocycles. The van der Waals surface area contributed by atoms with Gasteiger partial charge in [0, 0.05) is 16.9 Å². The van der Waals surface area contributed by atoms with Crippen LogP contribution in [0.2, 0.25) is 0 Å². The maximum Gasteiger partial charge on any atom is 0.277 e. The zero-order valence-corrected chi connectivity index (χ0v) is 22.8. The third kappa shape index (κ3) is 6.28. The molecule has 2 N–H and O–H groups in total. The summed E-state index contributed by atoms with van der Waals surface area (Å²) in [7, 11) is 0. The maximum absolute atomic E-state index is 14.0. The average molecular weight is 547 g/mol. The summed E-state index contributed by atoms with van der Waals surface area (Å²) in [4.78, 5) is 27.7. The van der Waals surface area contributed by atoms with Gasteiger partial charge in [-0.2, -0.15) is 5.10 Å². The Morgan fingerprint density at radius 3 is 1.66 bits per heavy atom. The highest BCUT2D eigenvalue weighted by Crippen LogP contribution is 2.31. The van der Waals surface area contributed by atoms with Gasteiger partial charge in [0.25, 0.3) is 11.8 Å². The van der Waals surface area contributed by atoms with Gasteiger partial charge in [-0.1, -0.05) is 48.5 Å². The number of nitrogens with one attached hydrogen (secondary N) is 2. The topological polar surface area (TPSA) is 94.5 Å². The lowest BCUT2D eigenvalue weighted by Gasteiger charge is -2.11. The fraction of sp³-hybridized carbons (Fsp3) is 0.121. The lowest BCUT2D eigenvalue weighted by atomic mass is 10.0. The average Bonchev–Trinajstić information content (AvgIpc) is 3.42. The number of para-hydroxylation sites is 1. The van der Waals surface area contributed by atoms with Crippen molar-refractivity contribution < 1.29 is 19.1 Å². The number of ether oxygens (including phenoxy) is 2. The van der Waals surface area contributed by atoms with Crippen LogP contribution in [0, 0.1) is 0 Å². The van der Waals surface area contributed by atoms with E-state index >= 15 is 0 Å². The number of hydrogen-bond donors (Lipinski definition) is 2. The molecule has 41 heavy (non-hydrogen) atoms. The van der Waals surface area contributed by atoms with E-state index in [-0.39, 0.29) is 11.3 Å². The number of hydrogen-bond acceptors (Lipinski definition) is 5. The summed E-state index contributed by atoms with van der Waals surface area (Å²) in [6.07, 6.45) is 0. The predicted octanol–water partition coefficient (Wildman–Crippen LogP) is 6.84. The minimum Gasteiger partial charge on any atom is -0.494 e. The molecular weight excluding hydrogens is 516 g/mol. The van der Waals surface area contributed by atoms with E-state index in [0.717, 1.165) is 5.56 Å². The van der Waals surface area contributed by atoms with Gasteiger partial charge in [0.05, 0.1) is 30.2 Å². The first-order valence-corrected chi connectivity index (χ1v) is 13.4. The number of nitrogens with zero attached hydrogens (tertiary/aromatic N) is 2. The van der Waals surface area contributed by atoms with Crippen LogP contribution >= 0.6 is 0 Å². The van der Waals surface area contributed by atoms with Gasteiger partial charge in [0.1, 0.15) is 11.5 Å². The van der Waals surface area contributed by atoms with Crippen molar-refractivity contribution in [3.05, 3.63) is 120 Å². The molecule has 5 aromatic rings. The summed E-state index contributed by atoms with van der Waals surface area (Å²) in [5.74, 6) is 0.410. The molecule has 0 bridgehead atoms. The number of rotatable bonds is 10. The monoisotopic (exact) mass is 546 g/mol. The number of benzene rings is 4. The first-order chi connectivity index (χ1) is 20.1. The Labute approximate surface area is 238 Å². The zero-order valence-electron chi connectivity index (χ0n) is 22.8. The molecule has 0 aliphatic carbocycles. The third-order valence-corrected chi connectivity index (χ3v) is 6.22. The second-order valence-corrected chi connectivity index (χ2v) is 9.01. The Kier molecular flexibility index (Phi) is 8.40. The van der Waals surface area contributed by atoms with Crippen molar-refractivity contribution in [2.75, 3.05) is 23.8 Å². The van der Waals surface area contributed by atoms with Crippen molar-refractivity contribution in [1.29, 1.82) is 0 Å². The molecule has 1 heterocycles. The molecule has 0 radical (unpaired) electrons. The normalized spacial score (nSPS) is 10.6. The van der Waals surface area contributed by atoms with Crippen LogP contribution in [-0.4, -0.2) is 34.8 Å². The standard InChI is InChI=1S/C33H30N4O4/c1-3-40-27-19-15-24(16-20-27)34-32(38)29-30(33(39)35-25-17-21-28(22-18-25)41-4-2)36-37(26-13-9-6-10-14-26)31(29)23-11-7-5-8-12-23/h5-22H,3-4H2,1-2H3,(H,34,38)(H,35,39). The summed E-state index contributed by atoms with van der Waals surface area (Å²) in [5, 5.41) is 10.5. The fourth-order valence-electron chi connectivity index (χ4n) is 4.40. The smallest absolute Gasteiger partial charge is 0.277 e. The van der Waals surface area contributed by atoms with Crippen LogP contribution in [0.15, 0.2) is 109 Å². The molecule has 0 aliphatic heterocycles. The van der Waals surface area contributed by atoms with E-state index in [4.69, 9.17) is 14.6 Å². The molecule has 5 rings (SSSR count). The van der Waals surface area contributed by atoms with E-state index in [2.05, 4.69) is 10.6 Å². The largest absolute Gasteiger partial charge is 0.494 e. The Hall–Kier alpha value is -5.37. The lowest BCUT2D eigenvalue weighted by Crippen LogP contribution is -2.20. The first-order valence-electron chi connectivity index (χ1n) is 13.4. The summed E-state index contributed by atoms with van der Waals surface area (Å²) >= 11 is 0. The minimum absolute atomic E-state index is 0.00923. The molecule has 0 atom stereocenters. The molecule has 0 saturated carbocycles. The quantitative estimate of drug-likeness (QED) is 0.200. The lowest BCUT2D eigenvalue weighted by molar-refractivity contribution is 0.0988. The Morgan fingerprint density at radius 1 is 0.659 bits per heavy atom. The highest BCUT2D eigenvalue weighted by atomic mass is 16.5. The second kappa shape index (κ2) is 12.7. The van der Waals surface area contributed by atoms with Gasteiger partial charge in [0.15, 0.2) is 5.69 Å². The summed E-state index contributed by atoms with van der Waals surface area (Å²) < 4.78 is 12.7.